The van der Waals surface area contributed by atoms with Gasteiger partial charge in [0, 0.05) is 11.3 Å². The van der Waals surface area contributed by atoms with Crippen LogP contribution in [0.3, 0.4) is 0 Å². The number of fused-ring (bicyclic) bond motifs is 1. The number of hydrogen-bond acceptors (Lipinski definition) is 3. The van der Waals surface area contributed by atoms with Crippen LogP contribution in [0.1, 0.15) is 12.5 Å². The van der Waals surface area contributed by atoms with E-state index in [2.05, 4.69) is 4.89 Å². The Bertz CT molecular complexity index is 626. The molecule has 4 heteroatoms. The molecule has 0 saturated heterocycles. The largest absolute Gasteiger partial charge is 0.278 e. The Morgan fingerprint density at radius 3 is 2.37 bits per heavy atom. The van der Waals surface area contributed by atoms with Crippen molar-refractivity contribution in [3.8, 4) is 0 Å². The second kappa shape index (κ2) is 4.19. The minimum absolute atomic E-state index is 0.303. The van der Waals surface area contributed by atoms with E-state index in [1.807, 2.05) is 48.5 Å². The van der Waals surface area contributed by atoms with Crippen molar-refractivity contribution < 1.29 is 14.9 Å². The molecule has 1 unspecified atom stereocenters. The number of rotatable bonds is 2. The first-order valence-electron chi connectivity index (χ1n) is 6.00. The Labute approximate surface area is 110 Å². The van der Waals surface area contributed by atoms with E-state index >= 15 is 0 Å². The Morgan fingerprint density at radius 1 is 1.05 bits per heavy atom. The van der Waals surface area contributed by atoms with Gasteiger partial charge in [-0.2, -0.15) is 0 Å². The van der Waals surface area contributed by atoms with E-state index in [0.717, 1.165) is 11.4 Å². The number of amides is 1. The quantitative estimate of drug-likeness (QED) is 0.662. The van der Waals surface area contributed by atoms with Crippen molar-refractivity contribution >= 4 is 17.3 Å². The predicted octanol–water partition coefficient (Wildman–Crippen LogP) is 3.07. The fourth-order valence-corrected chi connectivity index (χ4v) is 2.43. The van der Waals surface area contributed by atoms with Gasteiger partial charge in [0.25, 0.3) is 5.91 Å². The van der Waals surface area contributed by atoms with E-state index in [1.165, 1.54) is 0 Å². The Kier molecular flexibility index (Phi) is 2.62. The van der Waals surface area contributed by atoms with Crippen molar-refractivity contribution in [3.05, 3.63) is 60.2 Å². The van der Waals surface area contributed by atoms with Gasteiger partial charge in [-0.15, -0.1) is 0 Å². The van der Waals surface area contributed by atoms with Crippen LogP contribution in [-0.4, -0.2) is 11.2 Å². The summed E-state index contributed by atoms with van der Waals surface area (Å²) >= 11 is 0. The molecule has 96 valence electrons. The molecule has 0 bridgehead atoms. The number of carbonyl (C=O) groups excluding carboxylic acids is 1. The standard InChI is InChI=1S/C15H13NO3/c1-15(19-18)12-9-5-6-10-13(12)16(14(15)17)11-7-3-2-4-8-11/h2-10,18H,1H3. The summed E-state index contributed by atoms with van der Waals surface area (Å²) in [5.74, 6) is -0.303. The lowest BCUT2D eigenvalue weighted by Crippen LogP contribution is -2.37. The highest BCUT2D eigenvalue weighted by atomic mass is 17.1. The van der Waals surface area contributed by atoms with Crippen LogP contribution in [0.2, 0.25) is 0 Å². The molecule has 1 aliphatic rings. The van der Waals surface area contributed by atoms with Gasteiger partial charge >= 0.3 is 0 Å². The molecule has 1 heterocycles. The van der Waals surface area contributed by atoms with Crippen molar-refractivity contribution in [2.75, 3.05) is 4.90 Å². The first-order valence-corrected chi connectivity index (χ1v) is 6.00. The van der Waals surface area contributed by atoms with E-state index in [4.69, 9.17) is 5.26 Å². The molecule has 2 aromatic carbocycles. The molecule has 4 nitrogen and oxygen atoms in total. The number of para-hydroxylation sites is 2. The van der Waals surface area contributed by atoms with Crippen LogP contribution >= 0.6 is 0 Å². The molecule has 0 fully saturated rings. The average molecular weight is 255 g/mol. The smallest absolute Gasteiger partial charge is 0.271 e. The molecule has 1 aliphatic heterocycles. The van der Waals surface area contributed by atoms with E-state index in [1.54, 1.807) is 17.9 Å². The van der Waals surface area contributed by atoms with Gasteiger partial charge in [0.15, 0.2) is 0 Å². The summed E-state index contributed by atoms with van der Waals surface area (Å²) in [5, 5.41) is 9.16. The van der Waals surface area contributed by atoms with Crippen molar-refractivity contribution in [2.24, 2.45) is 0 Å². The Morgan fingerprint density at radius 2 is 1.68 bits per heavy atom. The fourth-order valence-electron chi connectivity index (χ4n) is 2.43. The molecule has 1 atom stereocenters. The summed E-state index contributed by atoms with van der Waals surface area (Å²) in [7, 11) is 0. The minimum Gasteiger partial charge on any atom is -0.278 e. The highest BCUT2D eigenvalue weighted by Crippen LogP contribution is 2.45. The third-order valence-electron chi connectivity index (χ3n) is 3.47. The number of benzene rings is 2. The first kappa shape index (κ1) is 11.9. The maximum absolute atomic E-state index is 12.6. The van der Waals surface area contributed by atoms with Crippen LogP contribution < -0.4 is 4.90 Å². The van der Waals surface area contributed by atoms with Crippen LogP contribution in [-0.2, 0) is 15.3 Å². The van der Waals surface area contributed by atoms with E-state index in [-0.39, 0.29) is 5.91 Å². The molecule has 0 saturated carbocycles. The molecule has 1 N–H and O–H groups in total. The first-order chi connectivity index (χ1) is 9.18. The Hall–Kier alpha value is -2.17. The monoisotopic (exact) mass is 255 g/mol. The average Bonchev–Trinajstić information content (AvgIpc) is 2.70. The highest BCUT2D eigenvalue weighted by Gasteiger charge is 2.49. The second-order valence-corrected chi connectivity index (χ2v) is 4.62. The van der Waals surface area contributed by atoms with Crippen LogP contribution in [0.4, 0.5) is 11.4 Å². The van der Waals surface area contributed by atoms with Crippen molar-refractivity contribution in [3.63, 3.8) is 0 Å². The summed E-state index contributed by atoms with van der Waals surface area (Å²) in [4.78, 5) is 18.6. The minimum atomic E-state index is -1.35. The second-order valence-electron chi connectivity index (χ2n) is 4.62. The summed E-state index contributed by atoms with van der Waals surface area (Å²) in [5.41, 5.74) is 0.786. The van der Waals surface area contributed by atoms with Crippen molar-refractivity contribution in [1.29, 1.82) is 0 Å². The summed E-state index contributed by atoms with van der Waals surface area (Å²) in [6.07, 6.45) is 0. The van der Waals surface area contributed by atoms with E-state index < -0.39 is 5.60 Å². The molecule has 1 amide bonds. The lowest BCUT2D eigenvalue weighted by Gasteiger charge is -2.21. The molecule has 3 rings (SSSR count). The number of anilines is 2. The lowest BCUT2D eigenvalue weighted by atomic mass is 9.98. The molecule has 0 aromatic heterocycles. The summed E-state index contributed by atoms with van der Waals surface area (Å²) < 4.78 is 0. The fraction of sp³-hybridized carbons (Fsp3) is 0.133. The van der Waals surface area contributed by atoms with Crippen LogP contribution in [0.5, 0.6) is 0 Å². The number of hydrogen-bond donors (Lipinski definition) is 1. The molecule has 0 spiro atoms. The maximum Gasteiger partial charge on any atom is 0.271 e. The van der Waals surface area contributed by atoms with Crippen molar-refractivity contribution in [2.45, 2.75) is 12.5 Å². The van der Waals surface area contributed by atoms with Crippen LogP contribution in [0.25, 0.3) is 0 Å². The van der Waals surface area contributed by atoms with Gasteiger partial charge in [-0.3, -0.25) is 15.0 Å². The van der Waals surface area contributed by atoms with Gasteiger partial charge in [-0.1, -0.05) is 36.4 Å². The van der Waals surface area contributed by atoms with E-state index in [0.29, 0.717) is 5.56 Å². The van der Waals surface area contributed by atoms with E-state index in [9.17, 15) is 4.79 Å². The SMILES string of the molecule is CC1(OO)C(=O)N(c2ccccc2)c2ccccc21. The maximum atomic E-state index is 12.6. The Balaban J connectivity index is 2.21. The highest BCUT2D eigenvalue weighted by molar-refractivity contribution is 6.11. The number of nitrogens with zero attached hydrogens (tertiary/aromatic N) is 1. The molecular formula is C15H13NO3. The molecule has 19 heavy (non-hydrogen) atoms. The zero-order valence-corrected chi connectivity index (χ0v) is 10.4. The summed E-state index contributed by atoms with van der Waals surface area (Å²) in [6.45, 7) is 1.57. The van der Waals surface area contributed by atoms with Crippen LogP contribution in [0.15, 0.2) is 54.6 Å². The molecule has 0 radical (unpaired) electrons. The van der Waals surface area contributed by atoms with Gasteiger partial charge < -0.3 is 0 Å². The summed E-state index contributed by atoms with van der Waals surface area (Å²) in [6, 6.07) is 16.6. The molecule has 2 aromatic rings. The topological polar surface area (TPSA) is 49.8 Å². The molecule has 0 aliphatic carbocycles. The van der Waals surface area contributed by atoms with Gasteiger partial charge in [0.05, 0.1) is 5.69 Å². The lowest BCUT2D eigenvalue weighted by molar-refractivity contribution is -0.309. The zero-order chi connectivity index (χ0) is 13.5. The normalized spacial score (nSPS) is 21.6. The molecular weight excluding hydrogens is 242 g/mol. The third kappa shape index (κ3) is 1.58. The predicted molar refractivity (Wildman–Crippen MR) is 71.1 cm³/mol. The third-order valence-corrected chi connectivity index (χ3v) is 3.47. The van der Waals surface area contributed by atoms with Gasteiger partial charge in [0.1, 0.15) is 0 Å². The van der Waals surface area contributed by atoms with Gasteiger partial charge in [0.2, 0.25) is 5.60 Å². The number of carbonyl (C=O) groups is 1. The van der Waals surface area contributed by atoms with Crippen LogP contribution in [0, 0.1) is 0 Å². The van der Waals surface area contributed by atoms with Gasteiger partial charge in [-0.25, -0.2) is 4.89 Å². The van der Waals surface area contributed by atoms with Crippen molar-refractivity contribution in [1.82, 2.24) is 0 Å². The zero-order valence-electron chi connectivity index (χ0n) is 10.4. The van der Waals surface area contributed by atoms with Gasteiger partial charge in [-0.05, 0) is 25.1 Å².